The topological polar surface area (TPSA) is 138 Å². The lowest BCUT2D eigenvalue weighted by Gasteiger charge is -2.26. The van der Waals surface area contributed by atoms with Crippen molar-refractivity contribution in [3.05, 3.63) is 53.9 Å². The zero-order valence-electron chi connectivity index (χ0n) is 18.0. The van der Waals surface area contributed by atoms with Crippen molar-refractivity contribution in [3.63, 3.8) is 0 Å². The number of ether oxygens (including phenoxy) is 1. The highest BCUT2D eigenvalue weighted by atomic mass is 32.2. The molecule has 0 bridgehead atoms. The third-order valence-electron chi connectivity index (χ3n) is 4.88. The second-order valence-electron chi connectivity index (χ2n) is 7.33. The number of rotatable bonds is 8. The van der Waals surface area contributed by atoms with Crippen molar-refractivity contribution in [2.24, 2.45) is 4.99 Å². The highest BCUT2D eigenvalue weighted by Gasteiger charge is 2.39. The molecule has 0 aliphatic carbocycles. The maximum atomic E-state index is 12.7. The predicted molar refractivity (Wildman–Crippen MR) is 121 cm³/mol. The molecule has 2 aromatic rings. The number of hydrogen-bond acceptors (Lipinski definition) is 9. The quantitative estimate of drug-likeness (QED) is 0.434. The number of H-pyrrole nitrogens is 1. The molecule has 1 aromatic heterocycles. The number of aryl methyl sites for hydroxylation is 1. The number of hydrogen-bond donors (Lipinski definition) is 4. The summed E-state index contributed by atoms with van der Waals surface area (Å²) in [6, 6.07) is 6.81. The molecule has 32 heavy (non-hydrogen) atoms. The van der Waals surface area contributed by atoms with Gasteiger partial charge in [-0.3, -0.25) is 10.4 Å². The number of sulfonamides is 1. The second kappa shape index (κ2) is 8.74. The maximum absolute atomic E-state index is 12.7. The number of methoxy groups -OCH3 is 1. The Morgan fingerprint density at radius 1 is 1.31 bits per heavy atom. The summed E-state index contributed by atoms with van der Waals surface area (Å²) in [5, 5.41) is 19.4. The molecule has 0 fully saturated rings. The standard InChI is InChI=1S/C20H25N7O4S/c1-13-8-18(25-24-13)23-20-12-26(11-19-22-14(2)10-27(19)20)15-4-5-16(31-3)17(9-15)32(29,30)21-6-7-28/h4-5,8-10,12,21,28H,6-7,11H2,1-3H3,(H2,23,24,25)/q+1. The number of aromatic nitrogens is 2. The van der Waals surface area contributed by atoms with E-state index in [-0.39, 0.29) is 23.8 Å². The molecule has 1 aromatic carbocycles. The zero-order chi connectivity index (χ0) is 22.9. The SMILES string of the molecule is COc1ccc(N2C=C(Nc3cc(C)[nH]n3)[N+]3C=C(C)N=C3C2)cc1S(=O)(=O)NCCO. The number of nitrogens with one attached hydrogen (secondary N) is 3. The molecule has 11 nitrogen and oxygen atoms in total. The highest BCUT2D eigenvalue weighted by molar-refractivity contribution is 7.89. The molecule has 12 heteroatoms. The van der Waals surface area contributed by atoms with E-state index in [9.17, 15) is 8.42 Å². The Morgan fingerprint density at radius 2 is 2.12 bits per heavy atom. The molecule has 0 saturated heterocycles. The molecule has 2 aliphatic heterocycles. The number of allylic oxidation sites excluding steroid dienone is 1. The number of aliphatic hydroxyl groups excluding tert-OH is 1. The number of fused-ring (bicyclic) bond motifs is 1. The van der Waals surface area contributed by atoms with Crippen LogP contribution in [0.4, 0.5) is 11.5 Å². The Morgan fingerprint density at radius 3 is 2.81 bits per heavy atom. The molecule has 0 atom stereocenters. The van der Waals surface area contributed by atoms with Crippen LogP contribution in [0.25, 0.3) is 0 Å². The van der Waals surface area contributed by atoms with Crippen LogP contribution in [-0.4, -0.2) is 56.4 Å². The maximum Gasteiger partial charge on any atom is 0.284 e. The monoisotopic (exact) mass is 459 g/mol. The summed E-state index contributed by atoms with van der Waals surface area (Å²) < 4.78 is 33.1. The van der Waals surface area contributed by atoms with Crippen molar-refractivity contribution in [1.82, 2.24) is 19.8 Å². The first kappa shape index (κ1) is 22.0. The van der Waals surface area contributed by atoms with Gasteiger partial charge in [-0.25, -0.2) is 13.1 Å². The number of aliphatic hydroxyl groups is 1. The van der Waals surface area contributed by atoms with Gasteiger partial charge < -0.3 is 14.7 Å². The van der Waals surface area contributed by atoms with Gasteiger partial charge in [0.15, 0.2) is 12.0 Å². The lowest BCUT2D eigenvalue weighted by Crippen LogP contribution is -2.45. The van der Waals surface area contributed by atoms with Gasteiger partial charge in [0.1, 0.15) is 22.9 Å². The summed E-state index contributed by atoms with van der Waals surface area (Å²) in [4.78, 5) is 8.43. The number of aromatic amines is 1. The fourth-order valence-corrected chi connectivity index (χ4v) is 4.67. The van der Waals surface area contributed by atoms with Gasteiger partial charge in [0.25, 0.3) is 11.7 Å². The minimum atomic E-state index is -3.88. The van der Waals surface area contributed by atoms with E-state index < -0.39 is 10.0 Å². The highest BCUT2D eigenvalue weighted by Crippen LogP contribution is 2.31. The van der Waals surface area contributed by atoms with Crippen molar-refractivity contribution >= 4 is 27.4 Å². The molecule has 0 spiro atoms. The second-order valence-corrected chi connectivity index (χ2v) is 9.06. The largest absolute Gasteiger partial charge is 0.495 e. The number of benzene rings is 1. The third-order valence-corrected chi connectivity index (χ3v) is 6.37. The Kier molecular flexibility index (Phi) is 6.02. The summed E-state index contributed by atoms with van der Waals surface area (Å²) in [6.45, 7) is 3.87. The summed E-state index contributed by atoms with van der Waals surface area (Å²) in [5.41, 5.74) is 2.42. The fraction of sp³-hybridized carbons (Fsp3) is 0.300. The van der Waals surface area contributed by atoms with Crippen LogP contribution >= 0.6 is 0 Å². The van der Waals surface area contributed by atoms with Gasteiger partial charge in [0, 0.05) is 24.0 Å². The van der Waals surface area contributed by atoms with Crippen molar-refractivity contribution in [1.29, 1.82) is 0 Å². The zero-order valence-corrected chi connectivity index (χ0v) is 18.8. The summed E-state index contributed by atoms with van der Waals surface area (Å²) in [7, 11) is -2.46. The lowest BCUT2D eigenvalue weighted by molar-refractivity contribution is 0.301. The number of anilines is 2. The van der Waals surface area contributed by atoms with E-state index in [4.69, 9.17) is 9.84 Å². The normalized spacial score (nSPS) is 16.4. The van der Waals surface area contributed by atoms with Crippen LogP contribution in [0.1, 0.15) is 12.6 Å². The number of amidine groups is 1. The molecule has 4 N–H and O–H groups in total. The molecule has 3 heterocycles. The van der Waals surface area contributed by atoms with Crippen LogP contribution in [0.2, 0.25) is 0 Å². The molecular formula is C20H25N7O4S+. The minimum Gasteiger partial charge on any atom is -0.495 e. The van der Waals surface area contributed by atoms with Crippen molar-refractivity contribution in [3.8, 4) is 5.75 Å². The summed E-state index contributed by atoms with van der Waals surface area (Å²) >= 11 is 0. The fourth-order valence-electron chi connectivity index (χ4n) is 3.46. The van der Waals surface area contributed by atoms with E-state index in [0.717, 1.165) is 23.0 Å². The first-order valence-electron chi connectivity index (χ1n) is 9.92. The van der Waals surface area contributed by atoms with Crippen LogP contribution in [0.15, 0.2) is 58.1 Å². The van der Waals surface area contributed by atoms with Gasteiger partial charge >= 0.3 is 0 Å². The Hall–Kier alpha value is -3.19. The Bertz CT molecular complexity index is 1220. The van der Waals surface area contributed by atoms with E-state index >= 15 is 0 Å². The van der Waals surface area contributed by atoms with Crippen LogP contribution in [0.3, 0.4) is 0 Å². The van der Waals surface area contributed by atoms with E-state index in [2.05, 4.69) is 25.2 Å². The molecule has 2 aliphatic rings. The van der Waals surface area contributed by atoms with Gasteiger partial charge in [-0.2, -0.15) is 10.1 Å². The smallest absolute Gasteiger partial charge is 0.284 e. The average molecular weight is 460 g/mol. The van der Waals surface area contributed by atoms with E-state index in [0.29, 0.717) is 18.1 Å². The van der Waals surface area contributed by atoms with Crippen LogP contribution < -0.4 is 24.6 Å². The first-order valence-corrected chi connectivity index (χ1v) is 11.4. The van der Waals surface area contributed by atoms with Crippen LogP contribution in [0, 0.1) is 6.92 Å². The van der Waals surface area contributed by atoms with E-state index in [1.807, 2.05) is 42.1 Å². The average Bonchev–Trinajstić information content (AvgIpc) is 3.36. The van der Waals surface area contributed by atoms with Crippen LogP contribution in [0.5, 0.6) is 5.75 Å². The van der Waals surface area contributed by atoms with E-state index in [1.165, 1.54) is 13.2 Å². The molecule has 4 rings (SSSR count). The molecule has 0 amide bonds. The van der Waals surface area contributed by atoms with Crippen molar-refractivity contribution in [2.45, 2.75) is 18.7 Å². The van der Waals surface area contributed by atoms with Crippen molar-refractivity contribution in [2.75, 3.05) is 37.0 Å². The third kappa shape index (κ3) is 4.39. The predicted octanol–water partition coefficient (Wildman–Crippen LogP) is 1.14. The van der Waals surface area contributed by atoms with Crippen molar-refractivity contribution < 1.29 is 18.3 Å². The molecule has 0 saturated carbocycles. The Balaban J connectivity index is 1.72. The van der Waals surface area contributed by atoms with Gasteiger partial charge in [0.05, 0.1) is 19.9 Å². The number of nitrogens with zero attached hydrogens (tertiary/aromatic N) is 4. The molecule has 1 radical (unpaired) electrons. The molecule has 0 unspecified atom stereocenters. The first-order chi connectivity index (χ1) is 15.3. The molecular weight excluding hydrogens is 434 g/mol. The lowest BCUT2D eigenvalue weighted by atomic mass is 10.2. The summed E-state index contributed by atoms with van der Waals surface area (Å²) in [5.74, 6) is 2.37. The molecule has 169 valence electrons. The van der Waals surface area contributed by atoms with Gasteiger partial charge in [-0.05, 0) is 36.9 Å². The van der Waals surface area contributed by atoms with E-state index in [1.54, 1.807) is 12.1 Å². The van der Waals surface area contributed by atoms with Gasteiger partial charge in [0.2, 0.25) is 10.0 Å². The minimum absolute atomic E-state index is 0.0121. The summed E-state index contributed by atoms with van der Waals surface area (Å²) in [6.07, 6.45) is 3.80. The van der Waals surface area contributed by atoms with Gasteiger partial charge in [-0.15, -0.1) is 0 Å². The number of aliphatic imine (C=N–C) groups is 1. The Labute approximate surface area is 186 Å². The van der Waals surface area contributed by atoms with Crippen LogP contribution in [-0.2, 0) is 10.0 Å². The van der Waals surface area contributed by atoms with Gasteiger partial charge in [-0.1, -0.05) is 0 Å².